The maximum absolute atomic E-state index is 12.8. The Bertz CT molecular complexity index is 1040. The van der Waals surface area contributed by atoms with Gasteiger partial charge in [-0.15, -0.1) is 0 Å². The number of benzene rings is 3. The minimum Gasteiger partial charge on any atom is -0.481 e. The smallest absolute Gasteiger partial charge is 0.338 e. The number of carbonyl (C=O) groups excluding carboxylic acids is 1. The summed E-state index contributed by atoms with van der Waals surface area (Å²) < 4.78 is 5.67. The molecule has 0 fully saturated rings. The Morgan fingerprint density at radius 3 is 2.14 bits per heavy atom. The number of carboxylic acid groups (broad SMARTS) is 1. The summed E-state index contributed by atoms with van der Waals surface area (Å²) in [6.45, 7) is 0.448. The fourth-order valence-electron chi connectivity index (χ4n) is 3.93. The molecule has 3 aromatic carbocycles. The summed E-state index contributed by atoms with van der Waals surface area (Å²) in [6, 6.07) is 21.2. The lowest BCUT2D eigenvalue weighted by Crippen LogP contribution is -2.16. The fourth-order valence-corrected chi connectivity index (χ4v) is 3.93. The second-order valence-corrected chi connectivity index (χ2v) is 7.09. The first kappa shape index (κ1) is 18.9. The molecule has 0 saturated heterocycles. The molecule has 146 valence electrons. The van der Waals surface area contributed by atoms with Crippen molar-refractivity contribution in [2.24, 2.45) is 5.73 Å². The van der Waals surface area contributed by atoms with Crippen LogP contribution in [0.5, 0.6) is 0 Å². The van der Waals surface area contributed by atoms with Crippen LogP contribution in [0.1, 0.15) is 38.5 Å². The monoisotopic (exact) mass is 387 g/mol. The van der Waals surface area contributed by atoms with Crippen LogP contribution in [0.25, 0.3) is 11.1 Å². The summed E-state index contributed by atoms with van der Waals surface area (Å²) in [5.41, 5.74) is 11.7. The van der Waals surface area contributed by atoms with Crippen molar-refractivity contribution in [3.63, 3.8) is 0 Å². The van der Waals surface area contributed by atoms with Crippen LogP contribution in [-0.4, -0.2) is 23.7 Å². The quantitative estimate of drug-likeness (QED) is 0.629. The predicted octanol–water partition coefficient (Wildman–Crippen LogP) is 3.74. The maximum atomic E-state index is 12.8. The van der Waals surface area contributed by atoms with Crippen LogP contribution in [0.2, 0.25) is 0 Å². The van der Waals surface area contributed by atoms with Crippen LogP contribution in [0.3, 0.4) is 0 Å². The average Bonchev–Trinajstić information content (AvgIpc) is 3.06. The molecule has 0 aliphatic heterocycles. The zero-order valence-electron chi connectivity index (χ0n) is 15.8. The third-order valence-corrected chi connectivity index (χ3v) is 5.32. The van der Waals surface area contributed by atoms with E-state index >= 15 is 0 Å². The van der Waals surface area contributed by atoms with E-state index in [-0.39, 0.29) is 31.1 Å². The summed E-state index contributed by atoms with van der Waals surface area (Å²) >= 11 is 0. The minimum absolute atomic E-state index is 0.0491. The van der Waals surface area contributed by atoms with E-state index in [9.17, 15) is 9.59 Å². The summed E-state index contributed by atoms with van der Waals surface area (Å²) in [6.07, 6.45) is -0.246. The van der Waals surface area contributed by atoms with Crippen molar-refractivity contribution in [3.05, 3.63) is 94.5 Å². The van der Waals surface area contributed by atoms with Crippen molar-refractivity contribution >= 4 is 11.9 Å². The molecule has 1 aliphatic carbocycles. The number of carboxylic acids is 1. The van der Waals surface area contributed by atoms with E-state index < -0.39 is 11.9 Å². The molecule has 29 heavy (non-hydrogen) atoms. The van der Waals surface area contributed by atoms with Crippen molar-refractivity contribution in [1.29, 1.82) is 0 Å². The van der Waals surface area contributed by atoms with Gasteiger partial charge in [-0.2, -0.15) is 0 Å². The zero-order valence-corrected chi connectivity index (χ0v) is 15.8. The Morgan fingerprint density at radius 2 is 1.55 bits per heavy atom. The van der Waals surface area contributed by atoms with Gasteiger partial charge in [0.1, 0.15) is 6.61 Å². The van der Waals surface area contributed by atoms with Gasteiger partial charge in [-0.1, -0.05) is 60.7 Å². The highest BCUT2D eigenvalue weighted by molar-refractivity contribution is 5.93. The molecule has 0 radical (unpaired) electrons. The Hall–Kier alpha value is -3.44. The molecule has 0 heterocycles. The molecular weight excluding hydrogens is 366 g/mol. The van der Waals surface area contributed by atoms with Gasteiger partial charge in [0, 0.05) is 12.5 Å². The number of aliphatic carboxylic acids is 1. The Balaban J connectivity index is 1.60. The SMILES string of the molecule is NCc1ccc(CC(=O)O)c(C(=O)OCC2c3ccccc3-c3ccccc32)c1. The highest BCUT2D eigenvalue weighted by atomic mass is 16.5. The molecular formula is C24H21NO4. The van der Waals surface area contributed by atoms with Gasteiger partial charge in [0.2, 0.25) is 0 Å². The minimum atomic E-state index is -1.00. The lowest BCUT2D eigenvalue weighted by molar-refractivity contribution is -0.136. The average molecular weight is 387 g/mol. The molecule has 5 nitrogen and oxygen atoms in total. The zero-order chi connectivity index (χ0) is 20.4. The normalized spacial score (nSPS) is 12.3. The van der Waals surface area contributed by atoms with Gasteiger partial charge in [0.15, 0.2) is 0 Å². The summed E-state index contributed by atoms with van der Waals surface area (Å²) in [5, 5.41) is 9.14. The second-order valence-electron chi connectivity index (χ2n) is 7.09. The second kappa shape index (κ2) is 7.89. The van der Waals surface area contributed by atoms with E-state index in [1.54, 1.807) is 18.2 Å². The van der Waals surface area contributed by atoms with E-state index in [2.05, 4.69) is 24.3 Å². The molecule has 0 amide bonds. The number of rotatable bonds is 6. The molecule has 4 rings (SSSR count). The number of esters is 1. The van der Waals surface area contributed by atoms with Crippen LogP contribution < -0.4 is 5.73 Å². The highest BCUT2D eigenvalue weighted by Gasteiger charge is 2.29. The van der Waals surface area contributed by atoms with Crippen molar-refractivity contribution in [3.8, 4) is 11.1 Å². The van der Waals surface area contributed by atoms with Gasteiger partial charge < -0.3 is 15.6 Å². The standard InChI is InChI=1S/C24H21NO4/c25-13-15-9-10-16(12-23(26)27)21(11-15)24(28)29-14-22-19-7-3-1-5-17(19)18-6-2-4-8-20(18)22/h1-11,22H,12-14,25H2,(H,26,27). The third-order valence-electron chi connectivity index (χ3n) is 5.32. The van der Waals surface area contributed by atoms with Crippen LogP contribution in [0.4, 0.5) is 0 Å². The molecule has 0 aromatic heterocycles. The fraction of sp³-hybridized carbons (Fsp3) is 0.167. The number of hydrogen-bond acceptors (Lipinski definition) is 4. The number of carbonyl (C=O) groups is 2. The van der Waals surface area contributed by atoms with Crippen LogP contribution in [0.15, 0.2) is 66.7 Å². The van der Waals surface area contributed by atoms with Gasteiger partial charge in [0.25, 0.3) is 0 Å². The van der Waals surface area contributed by atoms with E-state index in [0.717, 1.165) is 27.8 Å². The Kier molecular flexibility index (Phi) is 5.14. The number of fused-ring (bicyclic) bond motifs is 3. The molecule has 0 unspecified atom stereocenters. The van der Waals surface area contributed by atoms with Gasteiger partial charge in [0.05, 0.1) is 12.0 Å². The third kappa shape index (κ3) is 3.65. The molecule has 0 spiro atoms. The first-order valence-electron chi connectivity index (χ1n) is 9.47. The number of hydrogen-bond donors (Lipinski definition) is 2. The van der Waals surface area contributed by atoms with Crippen LogP contribution in [-0.2, 0) is 22.5 Å². The van der Waals surface area contributed by atoms with Crippen LogP contribution >= 0.6 is 0 Å². The van der Waals surface area contributed by atoms with Gasteiger partial charge >= 0.3 is 11.9 Å². The first-order valence-corrected chi connectivity index (χ1v) is 9.47. The number of ether oxygens (including phenoxy) is 1. The lowest BCUT2D eigenvalue weighted by atomic mass is 9.98. The summed E-state index contributed by atoms with van der Waals surface area (Å²) in [4.78, 5) is 24.0. The van der Waals surface area contributed by atoms with Gasteiger partial charge in [-0.05, 0) is 39.4 Å². The Labute approximate surface area is 168 Å². The molecule has 3 aromatic rings. The largest absolute Gasteiger partial charge is 0.481 e. The van der Waals surface area contributed by atoms with E-state index in [1.807, 2.05) is 24.3 Å². The summed E-state index contributed by atoms with van der Waals surface area (Å²) in [7, 11) is 0. The van der Waals surface area contributed by atoms with Crippen molar-refractivity contribution in [1.82, 2.24) is 0 Å². The topological polar surface area (TPSA) is 89.6 Å². The van der Waals surface area contributed by atoms with Crippen molar-refractivity contribution in [2.75, 3.05) is 6.61 Å². The van der Waals surface area contributed by atoms with E-state index in [1.165, 1.54) is 0 Å². The van der Waals surface area contributed by atoms with Crippen molar-refractivity contribution in [2.45, 2.75) is 18.9 Å². The predicted molar refractivity (Wildman–Crippen MR) is 110 cm³/mol. The molecule has 0 bridgehead atoms. The first-order chi connectivity index (χ1) is 14.1. The lowest BCUT2D eigenvalue weighted by Gasteiger charge is -2.15. The van der Waals surface area contributed by atoms with E-state index in [4.69, 9.17) is 15.6 Å². The van der Waals surface area contributed by atoms with Crippen LogP contribution in [0, 0.1) is 0 Å². The molecule has 1 aliphatic rings. The summed E-state index contributed by atoms with van der Waals surface area (Å²) in [5.74, 6) is -1.58. The maximum Gasteiger partial charge on any atom is 0.338 e. The van der Waals surface area contributed by atoms with E-state index in [0.29, 0.717) is 5.56 Å². The highest BCUT2D eigenvalue weighted by Crippen LogP contribution is 2.44. The molecule has 5 heteroatoms. The molecule has 0 saturated carbocycles. The van der Waals surface area contributed by atoms with Gasteiger partial charge in [-0.3, -0.25) is 4.79 Å². The molecule has 3 N–H and O–H groups in total. The Morgan fingerprint density at radius 1 is 0.931 bits per heavy atom. The number of nitrogens with two attached hydrogens (primary N) is 1. The van der Waals surface area contributed by atoms with Crippen molar-refractivity contribution < 1.29 is 19.4 Å². The molecule has 0 atom stereocenters. The van der Waals surface area contributed by atoms with Gasteiger partial charge in [-0.25, -0.2) is 4.79 Å².